The predicted octanol–water partition coefficient (Wildman–Crippen LogP) is 6.36. The van der Waals surface area contributed by atoms with Gasteiger partial charge in [0.1, 0.15) is 0 Å². The number of carboxylic acid groups (broad SMARTS) is 1. The van der Waals surface area contributed by atoms with E-state index in [1.165, 1.54) is 31.9 Å². The van der Waals surface area contributed by atoms with E-state index in [-0.39, 0.29) is 46.1 Å². The molecule has 0 aromatic rings. The van der Waals surface area contributed by atoms with Gasteiger partial charge in [0, 0.05) is 6.04 Å². The molecule has 0 aromatic carbocycles. The van der Waals surface area contributed by atoms with Crippen LogP contribution in [0, 0.1) is 56.7 Å². The lowest BCUT2D eigenvalue weighted by molar-refractivity contribution is -0.240. The number of hydroxylamine groups is 1. The Hall–Kier alpha value is -1.40. The Morgan fingerprint density at radius 2 is 1.62 bits per heavy atom. The van der Waals surface area contributed by atoms with Gasteiger partial charge in [-0.05, 0) is 122 Å². The molecule has 0 radical (unpaired) electrons. The SMILES string of the molecule is C=C(C)[C@@H]1CC[C@]2(C(=O)O)CC[C@]3(C)C(CCC4[C@@]5(C)CC[C@H](NC(=O)CNOC)C(C)(C)C5CC[C@]43C)C12. The Balaban J connectivity index is 1.45. The number of fused-ring (bicyclic) bond motifs is 7. The van der Waals surface area contributed by atoms with Gasteiger partial charge >= 0.3 is 5.97 Å². The van der Waals surface area contributed by atoms with E-state index in [0.29, 0.717) is 23.7 Å². The van der Waals surface area contributed by atoms with Crippen molar-refractivity contribution in [1.29, 1.82) is 0 Å². The Labute approximate surface area is 236 Å². The zero-order valence-corrected chi connectivity index (χ0v) is 25.6. The van der Waals surface area contributed by atoms with Crippen molar-refractivity contribution >= 4 is 11.9 Å². The third-order valence-corrected chi connectivity index (χ3v) is 14.2. The van der Waals surface area contributed by atoms with Crippen LogP contribution in [0.15, 0.2) is 12.2 Å². The lowest BCUT2D eigenvalue weighted by Gasteiger charge is -2.73. The quantitative estimate of drug-likeness (QED) is 0.268. The van der Waals surface area contributed by atoms with E-state index in [2.05, 4.69) is 58.9 Å². The molecule has 0 aromatic heterocycles. The molecule has 10 atom stereocenters. The third kappa shape index (κ3) is 3.93. The van der Waals surface area contributed by atoms with Crippen LogP contribution in [0.1, 0.15) is 106 Å². The van der Waals surface area contributed by atoms with Crippen molar-refractivity contribution in [3.8, 4) is 0 Å². The van der Waals surface area contributed by atoms with Crippen LogP contribution in [-0.2, 0) is 14.4 Å². The summed E-state index contributed by atoms with van der Waals surface area (Å²) in [5.41, 5.74) is 3.89. The maximum absolute atomic E-state index is 12.9. The van der Waals surface area contributed by atoms with Crippen molar-refractivity contribution in [2.45, 2.75) is 112 Å². The van der Waals surface area contributed by atoms with E-state index in [1.807, 2.05) is 0 Å². The second-order valence-corrected chi connectivity index (χ2v) is 15.7. The average Bonchev–Trinajstić information content (AvgIpc) is 3.26. The summed E-state index contributed by atoms with van der Waals surface area (Å²) in [6, 6.07) is 0.165. The summed E-state index contributed by atoms with van der Waals surface area (Å²) in [7, 11) is 1.54. The molecule has 5 aliphatic carbocycles. The largest absolute Gasteiger partial charge is 0.481 e. The Morgan fingerprint density at radius 1 is 0.897 bits per heavy atom. The molecule has 0 saturated heterocycles. The molecular formula is C33H54N2O4. The number of hydrogen-bond acceptors (Lipinski definition) is 4. The molecule has 0 spiro atoms. The molecule has 4 unspecified atom stereocenters. The molecule has 0 heterocycles. The van der Waals surface area contributed by atoms with E-state index in [9.17, 15) is 14.7 Å². The van der Waals surface area contributed by atoms with Crippen LogP contribution < -0.4 is 10.8 Å². The fourth-order valence-electron chi connectivity index (χ4n) is 12.2. The fraction of sp³-hybridized carbons (Fsp3) is 0.879. The molecule has 1 amide bonds. The molecule has 6 heteroatoms. The van der Waals surface area contributed by atoms with Crippen LogP contribution in [0.2, 0.25) is 0 Å². The standard InChI is InChI=1S/C33H54N2O4/c1-20(2)21-11-16-33(28(37)38)18-17-31(6)22(27(21)33)9-10-24-30(5)14-13-25(35-26(36)19-34-39-8)29(3,4)23(30)12-15-32(24,31)7/h21-25,27,34H,1,9-19H2,2-8H3,(H,35,36)(H,37,38)/t21-,22?,23?,24?,25-,27?,30-,31+,32+,33-/m0/s1. The first-order valence-corrected chi connectivity index (χ1v) is 15.6. The summed E-state index contributed by atoms with van der Waals surface area (Å²) in [4.78, 5) is 30.4. The minimum absolute atomic E-state index is 0.0000513. The first-order valence-electron chi connectivity index (χ1n) is 15.6. The van der Waals surface area contributed by atoms with Gasteiger partial charge < -0.3 is 15.3 Å². The first-order chi connectivity index (χ1) is 18.2. The Kier molecular flexibility index (Phi) is 7.15. The van der Waals surface area contributed by atoms with E-state index < -0.39 is 11.4 Å². The van der Waals surface area contributed by atoms with Gasteiger partial charge in [0.05, 0.1) is 19.1 Å². The smallest absolute Gasteiger partial charge is 0.309 e. The number of hydrogen-bond donors (Lipinski definition) is 3. The highest BCUT2D eigenvalue weighted by molar-refractivity contribution is 5.78. The lowest BCUT2D eigenvalue weighted by Crippen LogP contribution is -2.68. The van der Waals surface area contributed by atoms with Gasteiger partial charge in [-0.1, -0.05) is 46.8 Å². The summed E-state index contributed by atoms with van der Waals surface area (Å²) in [5.74, 6) is 1.63. The maximum atomic E-state index is 12.9. The molecule has 0 bridgehead atoms. The molecule has 5 aliphatic rings. The highest BCUT2D eigenvalue weighted by Gasteiger charge is 2.72. The Bertz CT molecular complexity index is 1030. The second-order valence-electron chi connectivity index (χ2n) is 15.7. The van der Waals surface area contributed by atoms with Gasteiger partial charge in [-0.25, -0.2) is 0 Å². The number of carboxylic acids is 1. The molecule has 3 N–H and O–H groups in total. The number of rotatable bonds is 6. The van der Waals surface area contributed by atoms with Gasteiger partial charge in [-0.15, -0.1) is 0 Å². The van der Waals surface area contributed by atoms with E-state index in [0.717, 1.165) is 44.9 Å². The van der Waals surface area contributed by atoms with Gasteiger partial charge in [0.25, 0.3) is 0 Å². The summed E-state index contributed by atoms with van der Waals surface area (Å²) in [5, 5.41) is 13.9. The predicted molar refractivity (Wildman–Crippen MR) is 154 cm³/mol. The average molecular weight is 543 g/mol. The minimum atomic E-state index is -0.561. The van der Waals surface area contributed by atoms with Gasteiger partial charge in [-0.3, -0.25) is 9.59 Å². The summed E-state index contributed by atoms with van der Waals surface area (Å²) in [6.45, 7) is 19.2. The van der Waals surface area contributed by atoms with Crippen molar-refractivity contribution in [1.82, 2.24) is 10.8 Å². The third-order valence-electron chi connectivity index (χ3n) is 14.2. The monoisotopic (exact) mass is 542 g/mol. The number of aliphatic carboxylic acids is 1. The van der Waals surface area contributed by atoms with Crippen LogP contribution in [0.3, 0.4) is 0 Å². The van der Waals surface area contributed by atoms with Crippen LogP contribution >= 0.6 is 0 Å². The van der Waals surface area contributed by atoms with Crippen molar-refractivity contribution in [2.75, 3.05) is 13.7 Å². The maximum Gasteiger partial charge on any atom is 0.309 e. The van der Waals surface area contributed by atoms with Crippen LogP contribution in [-0.4, -0.2) is 36.7 Å². The number of allylic oxidation sites excluding steroid dienone is 1. The minimum Gasteiger partial charge on any atom is -0.481 e. The molecule has 5 saturated carbocycles. The Morgan fingerprint density at radius 3 is 2.26 bits per heavy atom. The van der Waals surface area contributed by atoms with E-state index in [4.69, 9.17) is 4.84 Å². The summed E-state index contributed by atoms with van der Waals surface area (Å²) >= 11 is 0. The molecule has 5 fully saturated rings. The van der Waals surface area contributed by atoms with Gasteiger partial charge in [-0.2, -0.15) is 5.48 Å². The summed E-state index contributed by atoms with van der Waals surface area (Å²) in [6.07, 6.45) is 10.5. The van der Waals surface area contributed by atoms with Crippen molar-refractivity contribution in [3.63, 3.8) is 0 Å². The highest BCUT2D eigenvalue weighted by atomic mass is 16.6. The number of carbonyl (C=O) groups is 2. The van der Waals surface area contributed by atoms with Crippen molar-refractivity contribution in [3.05, 3.63) is 12.2 Å². The second kappa shape index (κ2) is 9.58. The molecule has 6 nitrogen and oxygen atoms in total. The van der Waals surface area contributed by atoms with Crippen molar-refractivity contribution in [2.24, 2.45) is 56.7 Å². The number of carbonyl (C=O) groups excluding carboxylic acids is 1. The van der Waals surface area contributed by atoms with Crippen LogP contribution in [0.25, 0.3) is 0 Å². The molecule has 39 heavy (non-hydrogen) atoms. The number of amides is 1. The first kappa shape index (κ1) is 29.1. The van der Waals surface area contributed by atoms with Crippen LogP contribution in [0.5, 0.6) is 0 Å². The van der Waals surface area contributed by atoms with E-state index >= 15 is 0 Å². The normalized spacial score (nSPS) is 48.2. The van der Waals surface area contributed by atoms with Crippen LogP contribution in [0.4, 0.5) is 0 Å². The highest BCUT2D eigenvalue weighted by Crippen LogP contribution is 2.77. The molecule has 5 rings (SSSR count). The molecular weight excluding hydrogens is 488 g/mol. The van der Waals surface area contributed by atoms with E-state index in [1.54, 1.807) is 0 Å². The van der Waals surface area contributed by atoms with Gasteiger partial charge in [0.2, 0.25) is 5.91 Å². The zero-order valence-electron chi connectivity index (χ0n) is 25.6. The lowest BCUT2D eigenvalue weighted by atomic mass is 9.32. The molecule has 220 valence electrons. The zero-order chi connectivity index (χ0) is 28.6. The fourth-order valence-corrected chi connectivity index (χ4v) is 12.2. The van der Waals surface area contributed by atoms with Crippen molar-refractivity contribution < 1.29 is 19.5 Å². The molecule has 0 aliphatic heterocycles. The van der Waals surface area contributed by atoms with Gasteiger partial charge in [0.15, 0.2) is 0 Å². The topological polar surface area (TPSA) is 87.7 Å². The summed E-state index contributed by atoms with van der Waals surface area (Å²) < 4.78 is 0. The number of nitrogens with one attached hydrogen (secondary N) is 2.